The predicted molar refractivity (Wildman–Crippen MR) is 487 cm³/mol. The number of halogens is 3. The summed E-state index contributed by atoms with van der Waals surface area (Å²) in [5.74, 6) is 4.87. The summed E-state index contributed by atoms with van der Waals surface area (Å²) in [5, 5.41) is 51.6. The van der Waals surface area contributed by atoms with Gasteiger partial charge in [0.25, 0.3) is 0 Å². The van der Waals surface area contributed by atoms with E-state index in [0.29, 0.717) is 68.3 Å². The third kappa shape index (κ3) is 19.4. The van der Waals surface area contributed by atoms with E-state index >= 15 is 0 Å². The van der Waals surface area contributed by atoms with Crippen LogP contribution in [0.1, 0.15) is 48.9 Å². The maximum atomic E-state index is 12.1. The lowest BCUT2D eigenvalue weighted by atomic mass is 9.92. The van der Waals surface area contributed by atoms with E-state index in [9.17, 15) is 14.7 Å². The maximum absolute atomic E-state index is 12.1. The molecule has 4 aliphatic rings. The van der Waals surface area contributed by atoms with Crippen LogP contribution < -0.4 is 36.4 Å². The van der Waals surface area contributed by atoms with Crippen molar-refractivity contribution in [2.45, 2.75) is 64.5 Å². The molecule has 636 valence electrons. The minimum Gasteiger partial charge on any atom is -0.393 e. The molecule has 33 heteroatoms. The van der Waals surface area contributed by atoms with Crippen molar-refractivity contribution >= 4 is 130 Å². The van der Waals surface area contributed by atoms with E-state index in [1.165, 1.54) is 16.8 Å². The zero-order valence-corrected chi connectivity index (χ0v) is 71.3. The Labute approximate surface area is 730 Å². The number of piperidine rings is 2. The quantitative estimate of drug-likeness (QED) is 0.0498. The molecule has 0 bridgehead atoms. The molecule has 0 aliphatic carbocycles. The van der Waals surface area contributed by atoms with Crippen LogP contribution in [0.15, 0.2) is 226 Å². The molecule has 2 amide bonds. The molecular formula is C91H96Cl3N25O5. The summed E-state index contributed by atoms with van der Waals surface area (Å²) in [5.41, 5.74) is 24.3. The molecule has 0 saturated carbocycles. The number of primary amides is 1. The molecule has 1 unspecified atom stereocenters. The lowest BCUT2D eigenvalue weighted by Crippen LogP contribution is -2.52. The molecule has 124 heavy (non-hydrogen) atoms. The number of hydrogen-bond donors (Lipinski definition) is 5. The first-order valence-electron chi connectivity index (χ1n) is 41.4. The van der Waals surface area contributed by atoms with Gasteiger partial charge >= 0.3 is 0 Å². The fourth-order valence-electron chi connectivity index (χ4n) is 15.8. The maximum Gasteiger partial charge on any atom is 0.242 e. The number of piperazine rings is 1. The monoisotopic (exact) mass is 1720 g/mol. The van der Waals surface area contributed by atoms with Crippen molar-refractivity contribution < 1.29 is 24.2 Å². The molecule has 0 spiro atoms. The first kappa shape index (κ1) is 84.7. The highest BCUT2D eigenvalue weighted by Gasteiger charge is 2.33. The normalized spacial score (nSPS) is 15.1. The number of morpholine rings is 1. The van der Waals surface area contributed by atoms with E-state index in [2.05, 4.69) is 104 Å². The average Bonchev–Trinajstić information content (AvgIpc) is 1.63. The summed E-state index contributed by atoms with van der Waals surface area (Å²) >= 11 is 18.0. The van der Waals surface area contributed by atoms with Crippen LogP contribution in [0.3, 0.4) is 0 Å². The van der Waals surface area contributed by atoms with Crippen LogP contribution in [-0.2, 0) is 25.5 Å². The number of rotatable bonds is 18. The number of pyridine rings is 5. The first-order chi connectivity index (χ1) is 60.6. The number of fused-ring (bicyclic) bond motifs is 5. The number of carbonyl (C=O) groups is 2. The largest absolute Gasteiger partial charge is 0.393 e. The number of hydrogen-bond acceptors (Lipinski definition) is 22. The second-order valence-corrected chi connectivity index (χ2v) is 32.0. The smallest absolute Gasteiger partial charge is 0.242 e. The molecule has 16 aromatic rings. The standard InChI is InChI=1S/C21H21ClN6.C19H21ClN6O.C18H19N5O2.C18H20N4O.C15H15ClN4O/c22-16-1-3-18(4-2-16)28-20-14-23-9-6-19(20)21(26-28)27-11-7-15(8-12-27)13-17-5-10-24-25-17;20-14-1-3-15(4-2-14)26-17-13-22-8-6-16(17)19(23-26)25-11-9-24(10-12-25)18(27)5-7-21;1-12-2-4-13(5-3-12)23-15-10-20-7-6-14(15)18(21-23)22-8-9-25-11-16(22)17(19)24;1-13-2-4-14(5-3-13)22-17-12-19-9-6-16(17)18(20-22)21-10-7-15(23)8-11-21;1-21-9-8-18-15-13-6-7-17-10-14(13)20(19-15)12-4-2-11(16)3-5-12/h1-6,9-10,14-15H,7-8,11-13H2,(H,24,25);1-4,6,8,13H,5,7,9-12,21H2;2-7,10,16H,8-9,11H2,1H3,(H2,19,24);2-6,9,12,15,23H,7-8,10-11H2,1H3;2-7,10H,8-9H2,1H3,(H,18,19). The molecule has 15 heterocycles. The Hall–Kier alpha value is -12.9. The van der Waals surface area contributed by atoms with Crippen molar-refractivity contribution in [2.75, 3.05) is 124 Å². The highest BCUT2D eigenvalue weighted by Crippen LogP contribution is 2.37. The fraction of sp³-hybridized carbons (Fsp3) is 0.286. The van der Waals surface area contributed by atoms with E-state index in [1.807, 2.05) is 199 Å². The molecule has 5 aromatic carbocycles. The van der Waals surface area contributed by atoms with Crippen LogP contribution in [0, 0.1) is 19.8 Å². The van der Waals surface area contributed by atoms with Gasteiger partial charge in [0.2, 0.25) is 11.8 Å². The van der Waals surface area contributed by atoms with Gasteiger partial charge < -0.3 is 55.9 Å². The molecule has 4 fully saturated rings. The molecule has 4 saturated heterocycles. The van der Waals surface area contributed by atoms with Gasteiger partial charge in [-0.3, -0.25) is 39.6 Å². The number of carbonyl (C=O) groups excluding carboxylic acids is 2. The number of nitrogens with two attached hydrogens (primary N) is 2. The third-order valence-electron chi connectivity index (χ3n) is 22.5. The van der Waals surface area contributed by atoms with Gasteiger partial charge in [0, 0.05) is 170 Å². The summed E-state index contributed by atoms with van der Waals surface area (Å²) in [6, 6.07) is 50.8. The van der Waals surface area contributed by atoms with Crippen molar-refractivity contribution in [3.63, 3.8) is 0 Å². The second-order valence-electron chi connectivity index (χ2n) is 30.7. The van der Waals surface area contributed by atoms with E-state index in [0.717, 1.165) is 188 Å². The Bertz CT molecular complexity index is 6240. The number of aromatic amines is 1. The number of aryl methyl sites for hydroxylation is 2. The number of amides is 2. The van der Waals surface area contributed by atoms with Crippen molar-refractivity contribution in [1.82, 2.24) is 88.9 Å². The van der Waals surface area contributed by atoms with Crippen molar-refractivity contribution in [3.8, 4) is 28.4 Å². The van der Waals surface area contributed by atoms with Crippen LogP contribution in [-0.4, -0.2) is 217 Å². The van der Waals surface area contributed by atoms with E-state index in [1.54, 1.807) is 38.1 Å². The lowest BCUT2D eigenvalue weighted by molar-refractivity contribution is -0.131. The molecule has 0 radical (unpaired) electrons. The summed E-state index contributed by atoms with van der Waals surface area (Å²) in [6.45, 7) is 13.8. The Balaban J connectivity index is 0.000000115. The number of nitrogens with one attached hydrogen (secondary N) is 2. The van der Waals surface area contributed by atoms with Gasteiger partial charge in [-0.2, -0.15) is 5.10 Å². The summed E-state index contributed by atoms with van der Waals surface area (Å²) < 4.78 is 20.0. The van der Waals surface area contributed by atoms with Crippen molar-refractivity contribution in [3.05, 3.63) is 258 Å². The Kier molecular flexibility index (Phi) is 27.0. The minimum atomic E-state index is -0.522. The third-order valence-corrected chi connectivity index (χ3v) is 23.2. The number of methoxy groups -OCH3 is 1. The van der Waals surface area contributed by atoms with Crippen LogP contribution >= 0.6 is 34.8 Å². The van der Waals surface area contributed by atoms with E-state index in [-0.39, 0.29) is 18.6 Å². The van der Waals surface area contributed by atoms with Crippen LogP contribution in [0.5, 0.6) is 0 Å². The first-order valence-corrected chi connectivity index (χ1v) is 42.6. The SMILES string of the molecule is COCCNc1nn(-c2ccc(Cl)cc2)c2cnccc12.Cc1ccc(-n2nc(N3CCC(O)CC3)c3ccncc32)cc1.Cc1ccc(-n2nc(N3CCOCC3C(N)=O)c3ccncc32)cc1.Clc1ccc(-n2nc(N3CCC(Cc4ccn[nH]4)CC3)c3ccncc32)cc1.NCCC(=O)N1CCN(c2nn(-c3ccc(Cl)cc3)c3cnccc23)CC1. The summed E-state index contributed by atoms with van der Waals surface area (Å²) in [6.07, 6.45) is 25.1. The van der Waals surface area contributed by atoms with Crippen molar-refractivity contribution in [2.24, 2.45) is 17.4 Å². The molecule has 20 rings (SSSR count). The fourth-order valence-corrected chi connectivity index (χ4v) is 16.2. The van der Waals surface area contributed by atoms with Gasteiger partial charge in [-0.15, -0.1) is 25.5 Å². The van der Waals surface area contributed by atoms with Gasteiger partial charge in [0.15, 0.2) is 29.1 Å². The number of aromatic nitrogens is 17. The molecule has 11 aromatic heterocycles. The molecule has 4 aliphatic heterocycles. The minimum absolute atomic E-state index is 0.123. The zero-order chi connectivity index (χ0) is 85.6. The van der Waals surface area contributed by atoms with Crippen LogP contribution in [0.25, 0.3) is 83.0 Å². The van der Waals surface area contributed by atoms with Crippen molar-refractivity contribution in [1.29, 1.82) is 0 Å². The highest BCUT2D eigenvalue weighted by atomic mass is 35.5. The predicted octanol–water partition coefficient (Wildman–Crippen LogP) is 13.6. The van der Waals surface area contributed by atoms with Gasteiger partial charge in [-0.05, 0) is 185 Å². The van der Waals surface area contributed by atoms with Gasteiger partial charge in [0.05, 0.1) is 113 Å². The van der Waals surface area contributed by atoms with E-state index < -0.39 is 11.9 Å². The Morgan fingerprint density at radius 3 is 1.28 bits per heavy atom. The number of aliphatic hydroxyl groups is 1. The highest BCUT2D eigenvalue weighted by molar-refractivity contribution is 6.31. The Morgan fingerprint density at radius 2 is 0.871 bits per heavy atom. The van der Waals surface area contributed by atoms with E-state index in [4.69, 9.17) is 76.1 Å². The average molecular weight is 1730 g/mol. The number of nitrogens with zero attached hydrogens (tertiary/aromatic N) is 21. The molecule has 1 atom stereocenters. The van der Waals surface area contributed by atoms with Gasteiger partial charge in [-0.1, -0.05) is 70.2 Å². The summed E-state index contributed by atoms with van der Waals surface area (Å²) in [4.78, 5) is 55.9. The van der Waals surface area contributed by atoms with Gasteiger partial charge in [-0.25, -0.2) is 23.4 Å². The topological polar surface area (TPSA) is 335 Å². The van der Waals surface area contributed by atoms with Crippen LogP contribution in [0.4, 0.5) is 29.1 Å². The number of ether oxygens (including phenoxy) is 2. The van der Waals surface area contributed by atoms with Gasteiger partial charge in [0.1, 0.15) is 6.04 Å². The van der Waals surface area contributed by atoms with Crippen LogP contribution in [0.2, 0.25) is 15.1 Å². The second kappa shape index (κ2) is 39.5. The number of benzene rings is 5. The Morgan fingerprint density at radius 1 is 0.484 bits per heavy atom. The lowest BCUT2D eigenvalue weighted by Gasteiger charge is -2.35. The molecule has 7 N–H and O–H groups in total. The number of H-pyrrole nitrogens is 1. The molecular weight excluding hydrogens is 1630 g/mol. The number of anilines is 5. The number of aliphatic hydroxyl groups excluding tert-OH is 1. The molecule has 30 nitrogen and oxygen atoms in total. The zero-order valence-electron chi connectivity index (χ0n) is 69.0. The summed E-state index contributed by atoms with van der Waals surface area (Å²) in [7, 11) is 1.68.